The van der Waals surface area contributed by atoms with Crippen LogP contribution in [0.15, 0.2) is 71.5 Å². The molecule has 3 aromatic heterocycles. The third-order valence-electron chi connectivity index (χ3n) is 8.16. The molecule has 4 heterocycles. The highest BCUT2D eigenvalue weighted by Crippen LogP contribution is 2.46. The Bertz CT molecular complexity index is 1940. The average Bonchev–Trinajstić information content (AvgIpc) is 3.61. The number of halogens is 1. The maximum atomic E-state index is 13.7. The highest BCUT2D eigenvalue weighted by molar-refractivity contribution is 6.01. The number of nitrogens with zero attached hydrogens (tertiary/aromatic N) is 3. The predicted molar refractivity (Wildman–Crippen MR) is 162 cm³/mol. The van der Waals surface area contributed by atoms with Gasteiger partial charge in [0.05, 0.1) is 5.69 Å². The normalized spacial score (nSPS) is 17.0. The monoisotopic (exact) mass is 610 g/mol. The predicted octanol–water partition coefficient (Wildman–Crippen LogP) is 5.32. The molecular formula is C34H31FN4O6. The van der Waals surface area contributed by atoms with Crippen molar-refractivity contribution in [2.75, 3.05) is 6.61 Å². The quantitative estimate of drug-likeness (QED) is 0.200. The lowest BCUT2D eigenvalue weighted by Crippen LogP contribution is -2.40. The van der Waals surface area contributed by atoms with E-state index < -0.39 is 22.7 Å². The summed E-state index contributed by atoms with van der Waals surface area (Å²) in [5, 5.41) is 12.4. The number of hydrogen-bond donors (Lipinski definition) is 2. The van der Waals surface area contributed by atoms with Crippen LogP contribution in [0.3, 0.4) is 0 Å². The lowest BCUT2D eigenvalue weighted by atomic mass is 9.81. The average molecular weight is 611 g/mol. The van der Waals surface area contributed by atoms with Crippen LogP contribution in [0.1, 0.15) is 59.9 Å². The van der Waals surface area contributed by atoms with Gasteiger partial charge in [0.25, 0.3) is 0 Å². The third kappa shape index (κ3) is 5.74. The summed E-state index contributed by atoms with van der Waals surface area (Å²) in [4.78, 5) is 39.4. The van der Waals surface area contributed by atoms with E-state index in [-0.39, 0.29) is 37.5 Å². The van der Waals surface area contributed by atoms with Gasteiger partial charge in [0.2, 0.25) is 5.91 Å². The number of benzene rings is 2. The van der Waals surface area contributed by atoms with Crippen LogP contribution in [0.25, 0.3) is 22.2 Å². The molecule has 0 spiro atoms. The number of primary amides is 1. The number of pyridine rings is 2. The lowest BCUT2D eigenvalue weighted by molar-refractivity contribution is -0.123. The van der Waals surface area contributed by atoms with Gasteiger partial charge in [0, 0.05) is 41.6 Å². The molecule has 0 radical (unpaired) electrons. The summed E-state index contributed by atoms with van der Waals surface area (Å²) >= 11 is 0. The first kappa shape index (κ1) is 29.9. The Hall–Kier alpha value is -5.16. The Morgan fingerprint density at radius 3 is 2.64 bits per heavy atom. The van der Waals surface area contributed by atoms with E-state index in [4.69, 9.17) is 24.6 Å². The number of ketones is 1. The van der Waals surface area contributed by atoms with Gasteiger partial charge in [-0.05, 0) is 68.8 Å². The fourth-order valence-corrected chi connectivity index (χ4v) is 5.35. The highest BCUT2D eigenvalue weighted by atomic mass is 19.1. The molecule has 45 heavy (non-hydrogen) atoms. The number of oxazole rings is 1. The number of carbonyl (C=O) groups excluding carboxylic acids is 2. The largest absolute Gasteiger partial charge is 0.489 e. The molecule has 0 aliphatic carbocycles. The number of Topliss-reactive ketones (excluding diaryl/α,β-unsaturated/α-hetero) is 1. The van der Waals surface area contributed by atoms with Crippen LogP contribution in [0, 0.1) is 12.7 Å². The molecule has 1 aliphatic heterocycles. The van der Waals surface area contributed by atoms with E-state index in [2.05, 4.69) is 9.97 Å². The van der Waals surface area contributed by atoms with E-state index in [1.165, 1.54) is 18.4 Å². The number of amides is 1. The van der Waals surface area contributed by atoms with Gasteiger partial charge in [-0.1, -0.05) is 6.07 Å². The first-order valence-corrected chi connectivity index (χ1v) is 14.4. The Balaban J connectivity index is 1.29. The molecule has 1 amide bonds. The van der Waals surface area contributed by atoms with Crippen molar-refractivity contribution in [3.63, 3.8) is 0 Å². The van der Waals surface area contributed by atoms with Crippen molar-refractivity contribution in [1.29, 1.82) is 0 Å². The van der Waals surface area contributed by atoms with Gasteiger partial charge in [-0.15, -0.1) is 0 Å². The molecule has 230 valence electrons. The number of carbonyl (C=O) groups is 2. The minimum atomic E-state index is -1.59. The molecule has 11 heteroatoms. The number of aromatic nitrogens is 3. The summed E-state index contributed by atoms with van der Waals surface area (Å²) in [5.74, 6) is 0.0258. The molecule has 10 nitrogen and oxygen atoms in total. The van der Waals surface area contributed by atoms with Crippen molar-refractivity contribution >= 4 is 22.6 Å². The molecule has 0 saturated heterocycles. The molecule has 0 unspecified atom stereocenters. The lowest BCUT2D eigenvalue weighted by Gasteiger charge is -2.26. The van der Waals surface area contributed by atoms with Crippen molar-refractivity contribution < 1.29 is 33.0 Å². The fraction of sp³-hybridized carbons (Fsp3) is 0.265. The second-order valence-electron chi connectivity index (χ2n) is 11.6. The number of fused-ring (bicyclic) bond motifs is 2. The SMILES string of the molecule is Cc1nc(COc2cc(C(=O)CC[C@](C)(O)c3cc4c(c(-c5ccc(F)cc5)n3)OC[C@]4(C)C(N)=O)cc3cccnc23)co1. The summed E-state index contributed by atoms with van der Waals surface area (Å²) in [7, 11) is 0. The zero-order chi connectivity index (χ0) is 31.9. The van der Waals surface area contributed by atoms with E-state index in [0.717, 1.165) is 5.39 Å². The highest BCUT2D eigenvalue weighted by Gasteiger charge is 2.45. The molecule has 2 atom stereocenters. The van der Waals surface area contributed by atoms with Gasteiger partial charge in [-0.25, -0.2) is 14.4 Å². The van der Waals surface area contributed by atoms with Crippen molar-refractivity contribution in [3.05, 3.63) is 101 Å². The van der Waals surface area contributed by atoms with Crippen molar-refractivity contribution in [3.8, 4) is 22.8 Å². The molecule has 2 aromatic carbocycles. The Kier molecular flexibility index (Phi) is 7.57. The van der Waals surface area contributed by atoms with E-state index >= 15 is 0 Å². The molecule has 0 bridgehead atoms. The van der Waals surface area contributed by atoms with Crippen LogP contribution in [-0.2, 0) is 22.4 Å². The summed E-state index contributed by atoms with van der Waals surface area (Å²) in [6.45, 7) is 5.08. The zero-order valence-electron chi connectivity index (χ0n) is 25.0. The van der Waals surface area contributed by atoms with Crippen molar-refractivity contribution in [2.24, 2.45) is 5.73 Å². The number of ether oxygens (including phenoxy) is 2. The summed E-state index contributed by atoms with van der Waals surface area (Å²) in [6.07, 6.45) is 3.13. The van der Waals surface area contributed by atoms with Crippen LogP contribution in [0.2, 0.25) is 0 Å². The minimum absolute atomic E-state index is 0.00485. The van der Waals surface area contributed by atoms with E-state index in [0.29, 0.717) is 51.0 Å². The number of aliphatic hydroxyl groups is 1. The third-order valence-corrected chi connectivity index (χ3v) is 8.16. The van der Waals surface area contributed by atoms with E-state index in [1.54, 1.807) is 63.4 Å². The molecular weight excluding hydrogens is 579 g/mol. The standard InChI is InChI=1S/C34H31FN4O6/c1-19-38-24(16-43-19)17-44-27-14-22(13-21-5-4-12-37-29(21)27)26(40)10-11-34(3,42)28-15-25-31(45-18-33(25,2)32(36)41)30(39-28)20-6-8-23(35)9-7-20/h4-9,12-16,42H,10-11,17-18H2,1-3H3,(H2,36,41)/t33-,34-/m0/s1. The first-order chi connectivity index (χ1) is 21.4. The first-order valence-electron chi connectivity index (χ1n) is 14.4. The molecule has 0 saturated carbocycles. The van der Waals surface area contributed by atoms with Crippen LogP contribution >= 0.6 is 0 Å². The van der Waals surface area contributed by atoms with Gasteiger partial charge in [0.15, 0.2) is 11.7 Å². The Labute approximate surface area is 258 Å². The number of rotatable bonds is 10. The molecule has 1 aliphatic rings. The number of aryl methyl sites for hydroxylation is 1. The topological polar surface area (TPSA) is 151 Å². The summed E-state index contributed by atoms with van der Waals surface area (Å²) in [6, 6.07) is 14.3. The number of nitrogens with two attached hydrogens (primary N) is 1. The Morgan fingerprint density at radius 1 is 1.16 bits per heavy atom. The van der Waals surface area contributed by atoms with Crippen LogP contribution in [0.5, 0.6) is 11.5 Å². The van der Waals surface area contributed by atoms with Gasteiger partial charge >= 0.3 is 0 Å². The van der Waals surface area contributed by atoms with Crippen LogP contribution in [-0.4, -0.2) is 38.4 Å². The summed E-state index contributed by atoms with van der Waals surface area (Å²) < 4.78 is 30.9. The maximum absolute atomic E-state index is 13.7. The second kappa shape index (κ2) is 11.4. The second-order valence-corrected chi connectivity index (χ2v) is 11.6. The zero-order valence-corrected chi connectivity index (χ0v) is 25.0. The van der Waals surface area contributed by atoms with E-state index in [1.807, 2.05) is 6.07 Å². The van der Waals surface area contributed by atoms with Gasteiger partial charge < -0.3 is 24.7 Å². The van der Waals surface area contributed by atoms with Gasteiger partial charge in [0.1, 0.15) is 64.7 Å². The fourth-order valence-electron chi connectivity index (χ4n) is 5.35. The van der Waals surface area contributed by atoms with Crippen LogP contribution < -0.4 is 15.2 Å². The van der Waals surface area contributed by atoms with Gasteiger partial charge in [-0.3, -0.25) is 14.6 Å². The van der Waals surface area contributed by atoms with Crippen LogP contribution in [0.4, 0.5) is 4.39 Å². The molecule has 5 aromatic rings. The smallest absolute Gasteiger partial charge is 0.231 e. The van der Waals surface area contributed by atoms with E-state index in [9.17, 15) is 19.1 Å². The molecule has 3 N–H and O–H groups in total. The Morgan fingerprint density at radius 2 is 1.93 bits per heavy atom. The minimum Gasteiger partial charge on any atom is -0.489 e. The van der Waals surface area contributed by atoms with Gasteiger partial charge in [-0.2, -0.15) is 0 Å². The maximum Gasteiger partial charge on any atom is 0.231 e. The number of hydrogen-bond acceptors (Lipinski definition) is 9. The summed E-state index contributed by atoms with van der Waals surface area (Å²) in [5.41, 5.74) is 6.15. The van der Waals surface area contributed by atoms with Crippen molar-refractivity contribution in [1.82, 2.24) is 15.0 Å². The molecule has 0 fully saturated rings. The van der Waals surface area contributed by atoms with Crippen molar-refractivity contribution in [2.45, 2.75) is 51.2 Å². The molecule has 6 rings (SSSR count).